The quantitative estimate of drug-likeness (QED) is 0.777. The normalized spacial score (nSPS) is 13.3. The van der Waals surface area contributed by atoms with Crippen molar-refractivity contribution < 1.29 is 14.4 Å². The van der Waals surface area contributed by atoms with Crippen LogP contribution in [-0.4, -0.2) is 29.2 Å². The highest BCUT2D eigenvalue weighted by atomic mass is 35.5. The van der Waals surface area contributed by atoms with Crippen molar-refractivity contribution in [2.45, 2.75) is 33.1 Å². The molecule has 3 rings (SSSR count). The molecule has 0 radical (unpaired) electrons. The average molecular weight is 385 g/mol. The fraction of sp³-hybridized carbons (Fsp3) is 0.286. The van der Waals surface area contributed by atoms with Crippen molar-refractivity contribution in [3.05, 3.63) is 63.7 Å². The number of hydrogen-bond acceptors (Lipinski definition) is 3. The van der Waals surface area contributed by atoms with Gasteiger partial charge in [0.15, 0.2) is 0 Å². The van der Waals surface area contributed by atoms with Crippen LogP contribution in [0.2, 0.25) is 5.02 Å². The summed E-state index contributed by atoms with van der Waals surface area (Å²) in [5.41, 5.74) is 3.44. The molecule has 27 heavy (non-hydrogen) atoms. The highest BCUT2D eigenvalue weighted by Crippen LogP contribution is 2.28. The predicted molar refractivity (Wildman–Crippen MR) is 105 cm³/mol. The minimum absolute atomic E-state index is 0.0265. The largest absolute Gasteiger partial charge is 0.326 e. The van der Waals surface area contributed by atoms with Crippen LogP contribution in [0.5, 0.6) is 0 Å². The van der Waals surface area contributed by atoms with Crippen molar-refractivity contribution >= 4 is 35.0 Å². The van der Waals surface area contributed by atoms with Crippen LogP contribution in [0.4, 0.5) is 5.69 Å². The Morgan fingerprint density at radius 3 is 2.52 bits per heavy atom. The first-order valence-corrected chi connectivity index (χ1v) is 9.22. The maximum atomic E-state index is 12.5. The first-order valence-electron chi connectivity index (χ1n) is 8.84. The van der Waals surface area contributed by atoms with Crippen LogP contribution in [0, 0.1) is 6.92 Å². The second-order valence-electron chi connectivity index (χ2n) is 6.94. The topological polar surface area (TPSA) is 66.5 Å². The summed E-state index contributed by atoms with van der Waals surface area (Å²) in [4.78, 5) is 38.4. The molecule has 2 aromatic rings. The molecule has 0 fully saturated rings. The van der Waals surface area contributed by atoms with E-state index < -0.39 is 11.8 Å². The molecule has 0 spiro atoms. The molecule has 0 bridgehead atoms. The molecule has 0 aliphatic carbocycles. The Labute approximate surface area is 163 Å². The van der Waals surface area contributed by atoms with E-state index in [1.807, 2.05) is 25.1 Å². The molecule has 1 heterocycles. The summed E-state index contributed by atoms with van der Waals surface area (Å²) in [5.74, 6) is -0.774. The molecule has 0 unspecified atom stereocenters. The summed E-state index contributed by atoms with van der Waals surface area (Å²) in [6.45, 7) is 6.09. The maximum Gasteiger partial charge on any atom is 0.261 e. The Kier molecular flexibility index (Phi) is 5.33. The van der Waals surface area contributed by atoms with Gasteiger partial charge < -0.3 is 5.32 Å². The van der Waals surface area contributed by atoms with E-state index in [9.17, 15) is 14.4 Å². The second-order valence-corrected chi connectivity index (χ2v) is 7.38. The van der Waals surface area contributed by atoms with Gasteiger partial charge in [-0.25, -0.2) is 0 Å². The van der Waals surface area contributed by atoms with Crippen molar-refractivity contribution in [1.29, 1.82) is 0 Å². The third kappa shape index (κ3) is 3.74. The number of carbonyl (C=O) groups excluding carboxylic acids is 3. The minimum atomic E-state index is -0.413. The lowest BCUT2D eigenvalue weighted by Gasteiger charge is -2.17. The number of carbonyl (C=O) groups is 3. The fourth-order valence-corrected chi connectivity index (χ4v) is 3.40. The van der Waals surface area contributed by atoms with Crippen LogP contribution in [0.25, 0.3) is 0 Å². The molecule has 1 aliphatic heterocycles. The van der Waals surface area contributed by atoms with Gasteiger partial charge >= 0.3 is 0 Å². The monoisotopic (exact) mass is 384 g/mol. The second kappa shape index (κ2) is 7.53. The number of aryl methyl sites for hydroxylation is 1. The number of imide groups is 1. The summed E-state index contributed by atoms with van der Waals surface area (Å²) in [7, 11) is 0. The van der Waals surface area contributed by atoms with Crippen LogP contribution < -0.4 is 5.32 Å². The van der Waals surface area contributed by atoms with Crippen molar-refractivity contribution in [2.24, 2.45) is 0 Å². The number of benzene rings is 2. The lowest BCUT2D eigenvalue weighted by atomic mass is 9.98. The van der Waals surface area contributed by atoms with Crippen molar-refractivity contribution in [3.8, 4) is 0 Å². The number of rotatable bonds is 5. The molecule has 5 nitrogen and oxygen atoms in total. The van der Waals surface area contributed by atoms with Gasteiger partial charge in [-0.1, -0.05) is 43.6 Å². The van der Waals surface area contributed by atoms with Crippen LogP contribution >= 0.6 is 11.6 Å². The first-order chi connectivity index (χ1) is 12.8. The van der Waals surface area contributed by atoms with Crippen LogP contribution in [0.3, 0.4) is 0 Å². The lowest BCUT2D eigenvalue weighted by Crippen LogP contribution is -2.33. The molecule has 2 aromatic carbocycles. The Balaban J connectivity index is 1.69. The van der Waals surface area contributed by atoms with E-state index in [2.05, 4.69) is 19.2 Å². The smallest absolute Gasteiger partial charge is 0.261 e. The summed E-state index contributed by atoms with van der Waals surface area (Å²) >= 11 is 5.91. The number of nitrogens with zero attached hydrogens (tertiary/aromatic N) is 1. The van der Waals surface area contributed by atoms with Gasteiger partial charge in [0.25, 0.3) is 11.8 Å². The van der Waals surface area contributed by atoms with Gasteiger partial charge in [-0.05, 0) is 42.2 Å². The van der Waals surface area contributed by atoms with Crippen LogP contribution in [-0.2, 0) is 4.79 Å². The summed E-state index contributed by atoms with van der Waals surface area (Å²) in [6, 6.07) is 10.5. The SMILES string of the molecule is Cc1cccc(C(C)C)c1NC(=O)CCN1C(=O)c2ccc(Cl)cc2C1=O. The molecule has 1 N–H and O–H groups in total. The lowest BCUT2D eigenvalue weighted by molar-refractivity contribution is -0.116. The van der Waals surface area contributed by atoms with Gasteiger partial charge in [-0.15, -0.1) is 0 Å². The molecule has 1 aliphatic rings. The third-order valence-electron chi connectivity index (χ3n) is 4.69. The Bertz CT molecular complexity index is 937. The highest BCUT2D eigenvalue weighted by molar-refractivity contribution is 6.32. The number of anilines is 1. The highest BCUT2D eigenvalue weighted by Gasteiger charge is 2.35. The van der Waals surface area contributed by atoms with E-state index in [1.54, 1.807) is 12.1 Å². The van der Waals surface area contributed by atoms with E-state index in [-0.39, 0.29) is 30.4 Å². The van der Waals surface area contributed by atoms with E-state index >= 15 is 0 Å². The number of nitrogens with one attached hydrogen (secondary N) is 1. The molecule has 140 valence electrons. The Morgan fingerprint density at radius 2 is 1.81 bits per heavy atom. The molecule has 6 heteroatoms. The molecule has 0 saturated carbocycles. The molecular weight excluding hydrogens is 364 g/mol. The standard InChI is InChI=1S/C21H21ClN2O3/c1-12(2)15-6-4-5-13(3)19(15)23-18(25)9-10-24-20(26)16-8-7-14(22)11-17(16)21(24)27/h4-8,11-12H,9-10H2,1-3H3,(H,23,25). The minimum Gasteiger partial charge on any atom is -0.326 e. The average Bonchev–Trinajstić information content (AvgIpc) is 2.85. The number of hydrogen-bond donors (Lipinski definition) is 1. The molecule has 3 amide bonds. The molecule has 0 atom stereocenters. The number of amides is 3. The van der Waals surface area contributed by atoms with Gasteiger partial charge in [0.05, 0.1) is 11.1 Å². The predicted octanol–water partition coefficient (Wildman–Crippen LogP) is 4.40. The van der Waals surface area contributed by atoms with Gasteiger partial charge in [-0.3, -0.25) is 19.3 Å². The number of para-hydroxylation sites is 1. The van der Waals surface area contributed by atoms with Crippen LogP contribution in [0.1, 0.15) is 58.0 Å². The van der Waals surface area contributed by atoms with Gasteiger partial charge in [0, 0.05) is 23.7 Å². The van der Waals surface area contributed by atoms with E-state index in [0.717, 1.165) is 21.7 Å². The van der Waals surface area contributed by atoms with Gasteiger partial charge in [0.1, 0.15) is 0 Å². The van der Waals surface area contributed by atoms with Crippen molar-refractivity contribution in [2.75, 3.05) is 11.9 Å². The zero-order valence-electron chi connectivity index (χ0n) is 15.5. The zero-order valence-corrected chi connectivity index (χ0v) is 16.3. The fourth-order valence-electron chi connectivity index (χ4n) is 3.22. The molecular formula is C21H21ClN2O3. The summed E-state index contributed by atoms with van der Waals surface area (Å²) in [6.07, 6.45) is 0.0328. The molecule has 0 saturated heterocycles. The maximum absolute atomic E-state index is 12.5. The van der Waals surface area contributed by atoms with E-state index in [0.29, 0.717) is 10.6 Å². The first kappa shape index (κ1) is 19.1. The van der Waals surface area contributed by atoms with Gasteiger partial charge in [0.2, 0.25) is 5.91 Å². The Morgan fingerprint density at radius 1 is 1.11 bits per heavy atom. The zero-order chi connectivity index (χ0) is 19.7. The van der Waals surface area contributed by atoms with E-state index in [1.165, 1.54) is 6.07 Å². The summed E-state index contributed by atoms with van der Waals surface area (Å²) < 4.78 is 0. The molecule has 0 aromatic heterocycles. The van der Waals surface area contributed by atoms with E-state index in [4.69, 9.17) is 11.6 Å². The van der Waals surface area contributed by atoms with Crippen molar-refractivity contribution in [3.63, 3.8) is 0 Å². The summed E-state index contributed by atoms with van der Waals surface area (Å²) in [5, 5.41) is 3.33. The van der Waals surface area contributed by atoms with Crippen molar-refractivity contribution in [1.82, 2.24) is 4.90 Å². The van der Waals surface area contributed by atoms with Gasteiger partial charge in [-0.2, -0.15) is 0 Å². The third-order valence-corrected chi connectivity index (χ3v) is 4.92. The number of halogens is 1. The van der Waals surface area contributed by atoms with Crippen LogP contribution in [0.15, 0.2) is 36.4 Å². The number of fused-ring (bicyclic) bond motifs is 1. The Hall–Kier alpha value is -2.66.